The first-order chi connectivity index (χ1) is 7.36. The Bertz CT molecular complexity index is 375. The SMILES string of the molecule is O=C(CCc1ccccc1)C1C=CC=C1. The first kappa shape index (κ1) is 9.91. The highest BCUT2D eigenvalue weighted by molar-refractivity contribution is 5.85. The Hall–Kier alpha value is -1.63. The molecule has 0 fully saturated rings. The minimum atomic E-state index is 0.0220. The maximum Gasteiger partial charge on any atom is 0.143 e. The molecule has 1 aliphatic carbocycles. The van der Waals surface area contributed by atoms with Crippen molar-refractivity contribution in [3.8, 4) is 0 Å². The number of aryl methyl sites for hydroxylation is 1. The van der Waals surface area contributed by atoms with E-state index in [-0.39, 0.29) is 5.92 Å². The fraction of sp³-hybridized carbons (Fsp3) is 0.214. The van der Waals surface area contributed by atoms with Crippen LogP contribution in [0.2, 0.25) is 0 Å². The molecule has 0 spiro atoms. The maximum absolute atomic E-state index is 11.7. The standard InChI is InChI=1S/C14H14O/c15-14(13-8-4-5-9-13)11-10-12-6-2-1-3-7-12/h1-9,13H,10-11H2. The molecule has 1 heteroatoms. The first-order valence-corrected chi connectivity index (χ1v) is 5.28. The first-order valence-electron chi connectivity index (χ1n) is 5.28. The summed E-state index contributed by atoms with van der Waals surface area (Å²) in [7, 11) is 0. The molecule has 0 saturated carbocycles. The fourth-order valence-corrected chi connectivity index (χ4v) is 1.73. The van der Waals surface area contributed by atoms with E-state index in [1.807, 2.05) is 42.5 Å². The predicted molar refractivity (Wildman–Crippen MR) is 61.5 cm³/mol. The van der Waals surface area contributed by atoms with Crippen molar-refractivity contribution in [2.24, 2.45) is 5.92 Å². The van der Waals surface area contributed by atoms with Crippen molar-refractivity contribution in [1.29, 1.82) is 0 Å². The maximum atomic E-state index is 11.7. The molecular weight excluding hydrogens is 184 g/mol. The van der Waals surface area contributed by atoms with E-state index in [0.717, 1.165) is 6.42 Å². The number of carbonyl (C=O) groups excluding carboxylic acids is 1. The average molecular weight is 198 g/mol. The van der Waals surface area contributed by atoms with Crippen LogP contribution in [0.1, 0.15) is 12.0 Å². The van der Waals surface area contributed by atoms with E-state index in [0.29, 0.717) is 12.2 Å². The molecule has 15 heavy (non-hydrogen) atoms. The van der Waals surface area contributed by atoms with Gasteiger partial charge in [-0.25, -0.2) is 0 Å². The van der Waals surface area contributed by atoms with Crippen molar-refractivity contribution in [2.45, 2.75) is 12.8 Å². The number of allylic oxidation sites excluding steroid dienone is 4. The van der Waals surface area contributed by atoms with E-state index in [1.165, 1.54) is 5.56 Å². The highest BCUT2D eigenvalue weighted by atomic mass is 16.1. The third kappa shape index (κ3) is 2.66. The molecule has 0 radical (unpaired) electrons. The molecule has 0 heterocycles. The van der Waals surface area contributed by atoms with E-state index >= 15 is 0 Å². The van der Waals surface area contributed by atoms with E-state index in [9.17, 15) is 4.79 Å². The van der Waals surface area contributed by atoms with Crippen molar-refractivity contribution in [3.63, 3.8) is 0 Å². The molecule has 1 nitrogen and oxygen atoms in total. The molecule has 1 aromatic carbocycles. The van der Waals surface area contributed by atoms with E-state index in [1.54, 1.807) is 0 Å². The molecule has 1 aromatic rings. The lowest BCUT2D eigenvalue weighted by Crippen LogP contribution is -2.09. The van der Waals surface area contributed by atoms with Gasteiger partial charge in [0.15, 0.2) is 0 Å². The summed E-state index contributed by atoms with van der Waals surface area (Å²) in [6.45, 7) is 0. The van der Waals surface area contributed by atoms with Crippen molar-refractivity contribution in [2.75, 3.05) is 0 Å². The summed E-state index contributed by atoms with van der Waals surface area (Å²) in [5.74, 6) is 0.331. The molecule has 0 aromatic heterocycles. The quantitative estimate of drug-likeness (QED) is 0.727. The van der Waals surface area contributed by atoms with Crippen LogP contribution in [-0.4, -0.2) is 5.78 Å². The normalized spacial score (nSPS) is 14.7. The van der Waals surface area contributed by atoms with Gasteiger partial charge in [-0.05, 0) is 12.0 Å². The van der Waals surface area contributed by atoms with E-state index in [4.69, 9.17) is 0 Å². The summed E-state index contributed by atoms with van der Waals surface area (Å²) < 4.78 is 0. The van der Waals surface area contributed by atoms with Gasteiger partial charge >= 0.3 is 0 Å². The summed E-state index contributed by atoms with van der Waals surface area (Å²) in [6, 6.07) is 10.1. The van der Waals surface area contributed by atoms with Gasteiger partial charge in [-0.1, -0.05) is 54.6 Å². The molecule has 0 N–H and O–H groups in total. The van der Waals surface area contributed by atoms with Gasteiger partial charge in [0.1, 0.15) is 5.78 Å². The number of rotatable bonds is 4. The summed E-state index contributed by atoms with van der Waals surface area (Å²) >= 11 is 0. The zero-order valence-electron chi connectivity index (χ0n) is 8.60. The fourth-order valence-electron chi connectivity index (χ4n) is 1.73. The molecule has 0 aliphatic heterocycles. The largest absolute Gasteiger partial charge is 0.299 e. The molecule has 0 amide bonds. The van der Waals surface area contributed by atoms with Gasteiger partial charge in [0, 0.05) is 6.42 Å². The molecule has 2 rings (SSSR count). The van der Waals surface area contributed by atoms with E-state index in [2.05, 4.69) is 12.1 Å². The van der Waals surface area contributed by atoms with Crippen molar-refractivity contribution >= 4 is 5.78 Å². The van der Waals surface area contributed by atoms with Gasteiger partial charge in [0.05, 0.1) is 5.92 Å². The number of carbonyl (C=O) groups is 1. The lowest BCUT2D eigenvalue weighted by atomic mass is 9.99. The minimum Gasteiger partial charge on any atom is -0.299 e. The van der Waals surface area contributed by atoms with Crippen LogP contribution in [0.3, 0.4) is 0 Å². The van der Waals surface area contributed by atoms with Gasteiger partial charge in [-0.2, -0.15) is 0 Å². The number of hydrogen-bond acceptors (Lipinski definition) is 1. The third-order valence-electron chi connectivity index (χ3n) is 2.62. The lowest BCUT2D eigenvalue weighted by Gasteiger charge is -2.04. The van der Waals surface area contributed by atoms with Crippen LogP contribution < -0.4 is 0 Å². The Balaban J connectivity index is 1.86. The Morgan fingerprint density at radius 3 is 2.40 bits per heavy atom. The second-order valence-electron chi connectivity index (χ2n) is 3.75. The third-order valence-corrected chi connectivity index (χ3v) is 2.62. The van der Waals surface area contributed by atoms with Crippen LogP contribution in [0.4, 0.5) is 0 Å². The molecule has 76 valence electrons. The van der Waals surface area contributed by atoms with Crippen LogP contribution in [0.15, 0.2) is 54.6 Å². The van der Waals surface area contributed by atoms with Gasteiger partial charge in [0.2, 0.25) is 0 Å². The Morgan fingerprint density at radius 2 is 1.73 bits per heavy atom. The van der Waals surface area contributed by atoms with Crippen molar-refractivity contribution < 1.29 is 4.79 Å². The lowest BCUT2D eigenvalue weighted by molar-refractivity contribution is -0.120. The highest BCUT2D eigenvalue weighted by Crippen LogP contribution is 2.13. The van der Waals surface area contributed by atoms with Crippen LogP contribution in [-0.2, 0) is 11.2 Å². The van der Waals surface area contributed by atoms with Crippen LogP contribution in [0, 0.1) is 5.92 Å². The molecular formula is C14H14O. The second kappa shape index (κ2) is 4.74. The smallest absolute Gasteiger partial charge is 0.143 e. The van der Waals surface area contributed by atoms with Gasteiger partial charge in [-0.3, -0.25) is 4.79 Å². The Labute approximate surface area is 90.1 Å². The van der Waals surface area contributed by atoms with Crippen LogP contribution in [0.5, 0.6) is 0 Å². The topological polar surface area (TPSA) is 17.1 Å². The van der Waals surface area contributed by atoms with Gasteiger partial charge in [-0.15, -0.1) is 0 Å². The van der Waals surface area contributed by atoms with Crippen molar-refractivity contribution in [1.82, 2.24) is 0 Å². The number of ketones is 1. The van der Waals surface area contributed by atoms with Crippen LogP contribution in [0.25, 0.3) is 0 Å². The van der Waals surface area contributed by atoms with Crippen molar-refractivity contribution in [3.05, 3.63) is 60.2 Å². The minimum absolute atomic E-state index is 0.0220. The number of hydrogen-bond donors (Lipinski definition) is 0. The highest BCUT2D eigenvalue weighted by Gasteiger charge is 2.13. The Morgan fingerprint density at radius 1 is 1.07 bits per heavy atom. The van der Waals surface area contributed by atoms with Crippen LogP contribution >= 0.6 is 0 Å². The summed E-state index contributed by atoms with van der Waals surface area (Å²) in [5, 5.41) is 0. The summed E-state index contributed by atoms with van der Waals surface area (Å²) in [4.78, 5) is 11.7. The molecule has 1 aliphatic rings. The zero-order chi connectivity index (χ0) is 10.5. The average Bonchev–Trinajstić information content (AvgIpc) is 2.81. The number of Topliss-reactive ketones (excluding diaryl/α,β-unsaturated/α-hetero) is 1. The predicted octanol–water partition coefficient (Wildman–Crippen LogP) is 2.93. The second-order valence-corrected chi connectivity index (χ2v) is 3.75. The van der Waals surface area contributed by atoms with E-state index < -0.39 is 0 Å². The zero-order valence-corrected chi connectivity index (χ0v) is 8.60. The Kier molecular flexibility index (Phi) is 3.13. The monoisotopic (exact) mass is 198 g/mol. The molecule has 0 bridgehead atoms. The summed E-state index contributed by atoms with van der Waals surface area (Å²) in [6.07, 6.45) is 9.25. The van der Waals surface area contributed by atoms with Gasteiger partial charge in [0.25, 0.3) is 0 Å². The van der Waals surface area contributed by atoms with Gasteiger partial charge < -0.3 is 0 Å². The molecule has 0 unspecified atom stereocenters. The number of benzene rings is 1. The molecule has 0 atom stereocenters. The molecule has 0 saturated heterocycles. The summed E-state index contributed by atoms with van der Waals surface area (Å²) in [5.41, 5.74) is 1.23.